The lowest BCUT2D eigenvalue weighted by molar-refractivity contribution is -0.0938. The molecule has 1 aromatic heterocycles. The first-order valence-electron chi connectivity index (χ1n) is 10.7. The van der Waals surface area contributed by atoms with Gasteiger partial charge in [0.25, 0.3) is 0 Å². The van der Waals surface area contributed by atoms with Crippen LogP contribution in [-0.2, 0) is 14.9 Å². The van der Waals surface area contributed by atoms with Crippen LogP contribution in [0.4, 0.5) is 13.2 Å². The highest BCUT2D eigenvalue weighted by atomic mass is 19.2. The highest BCUT2D eigenvalue weighted by molar-refractivity contribution is 6.04. The first-order chi connectivity index (χ1) is 16.8. The van der Waals surface area contributed by atoms with E-state index in [-0.39, 0.29) is 47.7 Å². The minimum atomic E-state index is -1.10. The highest BCUT2D eigenvalue weighted by Crippen LogP contribution is 2.48. The number of rotatable bonds is 6. The third-order valence-electron chi connectivity index (χ3n) is 6.27. The zero-order chi connectivity index (χ0) is 24.9. The van der Waals surface area contributed by atoms with Gasteiger partial charge in [-0.2, -0.15) is 0 Å². The number of carbonyl (C=O) groups is 1. The van der Waals surface area contributed by atoms with Gasteiger partial charge < -0.3 is 24.3 Å². The fraction of sp³-hybridized carbons (Fsp3) is 0.192. The molecule has 180 valence electrons. The Kier molecular flexibility index (Phi) is 5.53. The van der Waals surface area contributed by atoms with Crippen molar-refractivity contribution >= 4 is 16.9 Å². The van der Waals surface area contributed by atoms with Crippen LogP contribution in [0, 0.1) is 17.5 Å². The van der Waals surface area contributed by atoms with Gasteiger partial charge in [0.05, 0.1) is 41.7 Å². The summed E-state index contributed by atoms with van der Waals surface area (Å²) in [5.41, 5.74) is 1.31. The zero-order valence-electron chi connectivity index (χ0n) is 18.5. The Bertz CT molecular complexity index is 1460. The molecule has 5 rings (SSSR count). The number of ether oxygens (including phenoxy) is 2. The summed E-state index contributed by atoms with van der Waals surface area (Å²) in [6.07, 6.45) is 0. The molecule has 0 unspecified atom stereocenters. The number of phenolic OH excluding ortho intramolecular Hbond substituents is 1. The summed E-state index contributed by atoms with van der Waals surface area (Å²) >= 11 is 0. The fourth-order valence-electron chi connectivity index (χ4n) is 4.73. The van der Waals surface area contributed by atoms with E-state index in [1.807, 2.05) is 0 Å². The molecule has 1 aliphatic heterocycles. The van der Waals surface area contributed by atoms with Crippen molar-refractivity contribution in [3.63, 3.8) is 0 Å². The van der Waals surface area contributed by atoms with E-state index in [1.54, 1.807) is 16.7 Å². The van der Waals surface area contributed by atoms with Gasteiger partial charge in [-0.05, 0) is 35.9 Å². The molecule has 9 heteroatoms. The summed E-state index contributed by atoms with van der Waals surface area (Å²) in [5, 5.41) is 20.4. The normalized spacial score (nSPS) is 14.7. The molecule has 0 bridgehead atoms. The van der Waals surface area contributed by atoms with Crippen LogP contribution in [0.5, 0.6) is 5.75 Å². The van der Waals surface area contributed by atoms with Crippen molar-refractivity contribution in [1.82, 2.24) is 4.57 Å². The number of aromatic nitrogens is 1. The molecular weight excluding hydrogens is 463 g/mol. The summed E-state index contributed by atoms with van der Waals surface area (Å²) < 4.78 is 55.2. The van der Waals surface area contributed by atoms with Gasteiger partial charge in [0, 0.05) is 36.2 Å². The van der Waals surface area contributed by atoms with Crippen molar-refractivity contribution < 1.29 is 37.7 Å². The van der Waals surface area contributed by atoms with E-state index in [4.69, 9.17) is 9.47 Å². The Morgan fingerprint density at radius 1 is 1.06 bits per heavy atom. The average molecular weight is 483 g/mol. The number of phenols is 1. The van der Waals surface area contributed by atoms with E-state index in [0.717, 1.165) is 18.2 Å². The monoisotopic (exact) mass is 483 g/mol. The van der Waals surface area contributed by atoms with Crippen LogP contribution in [0.15, 0.2) is 54.6 Å². The average Bonchev–Trinajstić information content (AvgIpc) is 3.13. The van der Waals surface area contributed by atoms with Crippen LogP contribution >= 0.6 is 0 Å². The van der Waals surface area contributed by atoms with Crippen molar-refractivity contribution in [2.75, 3.05) is 26.9 Å². The Labute approximate surface area is 197 Å². The first kappa shape index (κ1) is 22.9. The minimum Gasteiger partial charge on any atom is -0.507 e. The molecule has 0 atom stereocenters. The number of halogens is 3. The van der Waals surface area contributed by atoms with Crippen LogP contribution in [-0.4, -0.2) is 47.7 Å². The van der Waals surface area contributed by atoms with Gasteiger partial charge in [-0.3, -0.25) is 0 Å². The highest BCUT2D eigenvalue weighted by Gasteiger charge is 2.46. The third kappa shape index (κ3) is 3.64. The maximum Gasteiger partial charge on any atom is 0.335 e. The quantitative estimate of drug-likeness (QED) is 0.402. The second-order valence-corrected chi connectivity index (χ2v) is 8.57. The Balaban J connectivity index is 1.94. The second kappa shape index (κ2) is 8.44. The molecule has 0 amide bonds. The van der Waals surface area contributed by atoms with E-state index < -0.39 is 28.8 Å². The van der Waals surface area contributed by atoms with Crippen molar-refractivity contribution in [2.45, 2.75) is 5.41 Å². The molecule has 0 spiro atoms. The largest absolute Gasteiger partial charge is 0.507 e. The Morgan fingerprint density at radius 2 is 1.77 bits per heavy atom. The number of hydrogen-bond acceptors (Lipinski definition) is 4. The molecule has 0 aliphatic carbocycles. The lowest BCUT2D eigenvalue weighted by Crippen LogP contribution is -2.51. The molecule has 2 heterocycles. The van der Waals surface area contributed by atoms with Gasteiger partial charge in [0.1, 0.15) is 11.6 Å². The number of aromatic carboxylic acids is 1. The smallest absolute Gasteiger partial charge is 0.335 e. The molecule has 3 aromatic carbocycles. The Hall–Kier alpha value is -3.82. The maximum atomic E-state index is 14.5. The number of carboxylic acids is 1. The zero-order valence-corrected chi connectivity index (χ0v) is 18.5. The maximum absolute atomic E-state index is 14.5. The number of hydrogen-bond donors (Lipinski definition) is 2. The van der Waals surface area contributed by atoms with E-state index in [1.165, 1.54) is 31.4 Å². The van der Waals surface area contributed by atoms with Gasteiger partial charge >= 0.3 is 5.97 Å². The molecule has 6 nitrogen and oxygen atoms in total. The fourth-order valence-corrected chi connectivity index (χ4v) is 4.73. The van der Waals surface area contributed by atoms with Crippen molar-refractivity contribution in [1.29, 1.82) is 0 Å². The Morgan fingerprint density at radius 3 is 2.34 bits per heavy atom. The third-order valence-corrected chi connectivity index (χ3v) is 6.27. The SMILES string of the molecule is COCC1(c2c(-c3ccc(C(=O)O)cc3)c3c(O)cc(F)cc3n2-c2ccc(F)c(F)c2)COC1. The van der Waals surface area contributed by atoms with Gasteiger partial charge in [0.2, 0.25) is 0 Å². The molecule has 35 heavy (non-hydrogen) atoms. The first-order valence-corrected chi connectivity index (χ1v) is 10.7. The number of aromatic hydroxyl groups is 1. The van der Waals surface area contributed by atoms with Crippen molar-refractivity contribution in [3.8, 4) is 22.6 Å². The molecule has 1 aliphatic rings. The molecule has 4 aromatic rings. The van der Waals surface area contributed by atoms with Gasteiger partial charge in [0.15, 0.2) is 11.6 Å². The summed E-state index contributed by atoms with van der Waals surface area (Å²) in [4.78, 5) is 11.4. The summed E-state index contributed by atoms with van der Waals surface area (Å²) in [7, 11) is 1.52. The molecular formula is C26H20F3NO5. The minimum absolute atomic E-state index is 0.0634. The van der Waals surface area contributed by atoms with Gasteiger partial charge in [-0.15, -0.1) is 0 Å². The number of nitrogens with zero attached hydrogens (tertiary/aromatic N) is 1. The predicted molar refractivity (Wildman–Crippen MR) is 122 cm³/mol. The summed E-state index contributed by atoms with van der Waals surface area (Å²) in [5.74, 6) is -4.30. The second-order valence-electron chi connectivity index (χ2n) is 8.57. The van der Waals surface area contributed by atoms with Crippen molar-refractivity contribution in [2.24, 2.45) is 0 Å². The molecule has 1 fully saturated rings. The van der Waals surface area contributed by atoms with E-state index in [2.05, 4.69) is 0 Å². The van der Waals surface area contributed by atoms with Crippen LogP contribution in [0.1, 0.15) is 16.1 Å². The predicted octanol–water partition coefficient (Wildman–Crippen LogP) is 5.03. The van der Waals surface area contributed by atoms with Crippen LogP contribution in [0.25, 0.3) is 27.7 Å². The van der Waals surface area contributed by atoms with E-state index >= 15 is 0 Å². The van der Waals surface area contributed by atoms with Crippen LogP contribution in [0.3, 0.4) is 0 Å². The summed E-state index contributed by atoms with van der Waals surface area (Å²) in [6.45, 7) is 0.644. The van der Waals surface area contributed by atoms with Gasteiger partial charge in [-0.1, -0.05) is 12.1 Å². The van der Waals surface area contributed by atoms with Crippen molar-refractivity contribution in [3.05, 3.63) is 83.3 Å². The molecule has 2 N–H and O–H groups in total. The van der Waals surface area contributed by atoms with Crippen LogP contribution in [0.2, 0.25) is 0 Å². The lowest BCUT2D eigenvalue weighted by Gasteiger charge is -2.42. The summed E-state index contributed by atoms with van der Waals surface area (Å²) in [6, 6.07) is 11.5. The number of benzene rings is 3. The van der Waals surface area contributed by atoms with Gasteiger partial charge in [-0.25, -0.2) is 18.0 Å². The number of fused-ring (bicyclic) bond motifs is 1. The standard InChI is InChI=1S/C26H20F3NO5/c1-34-11-26(12-35-13-26)24-22(14-2-4-15(5-3-14)25(32)33)23-20(8-16(27)9-21(23)31)30(24)17-6-7-18(28)19(29)10-17/h2-10,31H,11-13H2,1H3,(H,32,33). The molecule has 1 saturated heterocycles. The topological polar surface area (TPSA) is 80.9 Å². The number of carboxylic acid groups (broad SMARTS) is 1. The van der Waals surface area contributed by atoms with Crippen LogP contribution < -0.4 is 0 Å². The molecule has 0 saturated carbocycles. The number of methoxy groups -OCH3 is 1. The lowest BCUT2D eigenvalue weighted by atomic mass is 9.79. The van der Waals surface area contributed by atoms with E-state index in [0.29, 0.717) is 16.8 Å². The molecule has 0 radical (unpaired) electrons. The van der Waals surface area contributed by atoms with E-state index in [9.17, 15) is 28.2 Å².